The van der Waals surface area contributed by atoms with E-state index < -0.39 is 0 Å². The highest BCUT2D eigenvalue weighted by atomic mass is 32.2. The third kappa shape index (κ3) is 6.49. The molecule has 0 aliphatic heterocycles. The number of carbonyl (C=O) groups excluding carboxylic acids is 1. The Morgan fingerprint density at radius 1 is 1.33 bits per heavy atom. The molecule has 24 heavy (non-hydrogen) atoms. The number of carbonyl (C=O) groups is 1. The highest BCUT2D eigenvalue weighted by Crippen LogP contribution is 2.30. The van der Waals surface area contributed by atoms with Crippen LogP contribution in [0.5, 0.6) is 5.75 Å². The zero-order valence-corrected chi connectivity index (χ0v) is 15.7. The van der Waals surface area contributed by atoms with Gasteiger partial charge in [-0.2, -0.15) is 0 Å². The minimum Gasteiger partial charge on any atom is -0.505 e. The Morgan fingerprint density at radius 2 is 2.00 bits per heavy atom. The zero-order valence-electron chi connectivity index (χ0n) is 14.9. The van der Waals surface area contributed by atoms with Gasteiger partial charge in [0, 0.05) is 14.1 Å². The van der Waals surface area contributed by atoms with Gasteiger partial charge in [0.05, 0.1) is 29.6 Å². The molecule has 0 atom stereocenters. The van der Waals surface area contributed by atoms with E-state index >= 15 is 0 Å². The first-order valence-electron chi connectivity index (χ1n) is 7.42. The van der Waals surface area contributed by atoms with E-state index in [0.29, 0.717) is 11.5 Å². The summed E-state index contributed by atoms with van der Waals surface area (Å²) in [6.07, 6.45) is 1.61. The van der Waals surface area contributed by atoms with Gasteiger partial charge in [0.25, 0.3) is 5.91 Å². The number of para-hydroxylation sites is 1. The van der Waals surface area contributed by atoms with Crippen LogP contribution < -0.4 is 9.44 Å². The number of aliphatic imine (C=N–C) groups is 2. The molecular formula is C16H25N5O2S. The number of nitrogens with zero attached hydrogens (tertiary/aromatic N) is 3. The van der Waals surface area contributed by atoms with Crippen LogP contribution >= 0.6 is 12.1 Å². The lowest BCUT2D eigenvalue weighted by atomic mass is 10.1. The molecule has 0 unspecified atom stereocenters. The van der Waals surface area contributed by atoms with E-state index in [0.717, 1.165) is 0 Å². The number of amides is 1. The highest BCUT2D eigenvalue weighted by molar-refractivity contribution is 7.96. The van der Waals surface area contributed by atoms with Crippen LogP contribution in [0.3, 0.4) is 0 Å². The first kappa shape index (κ1) is 19.8. The molecule has 1 rings (SSSR count). The molecule has 0 saturated heterocycles. The van der Waals surface area contributed by atoms with Crippen molar-refractivity contribution < 1.29 is 9.90 Å². The average Bonchev–Trinajstić information content (AvgIpc) is 2.47. The van der Waals surface area contributed by atoms with Crippen molar-refractivity contribution in [2.75, 3.05) is 14.1 Å². The SMILES string of the molecule is CC(=Nc1cccc(C(=O)N(C)C)c1O)NSNC=NC(C)(C)C. The molecule has 0 bridgehead atoms. The van der Waals surface area contributed by atoms with E-state index in [-0.39, 0.29) is 22.8 Å². The number of hydrogen-bond donors (Lipinski definition) is 3. The molecule has 0 aliphatic carbocycles. The van der Waals surface area contributed by atoms with E-state index in [4.69, 9.17) is 0 Å². The van der Waals surface area contributed by atoms with Crippen molar-refractivity contribution in [3.05, 3.63) is 23.8 Å². The maximum absolute atomic E-state index is 12.0. The monoisotopic (exact) mass is 351 g/mol. The molecule has 1 amide bonds. The molecule has 132 valence electrons. The van der Waals surface area contributed by atoms with Crippen LogP contribution in [-0.2, 0) is 0 Å². The fraction of sp³-hybridized carbons (Fsp3) is 0.438. The molecule has 8 heteroatoms. The molecular weight excluding hydrogens is 326 g/mol. The number of amidine groups is 1. The Kier molecular flexibility index (Phi) is 7.09. The quantitative estimate of drug-likeness (QED) is 0.328. The number of phenols is 1. The van der Waals surface area contributed by atoms with E-state index in [1.54, 1.807) is 45.6 Å². The van der Waals surface area contributed by atoms with Crippen molar-refractivity contribution >= 4 is 35.9 Å². The van der Waals surface area contributed by atoms with E-state index in [1.807, 2.05) is 20.8 Å². The second-order valence-corrected chi connectivity index (χ2v) is 6.97. The Labute approximate surface area is 147 Å². The molecule has 0 fully saturated rings. The van der Waals surface area contributed by atoms with Gasteiger partial charge in [-0.15, -0.1) is 0 Å². The van der Waals surface area contributed by atoms with E-state index in [2.05, 4.69) is 19.4 Å². The van der Waals surface area contributed by atoms with Crippen LogP contribution in [-0.4, -0.2) is 47.7 Å². The number of rotatable bonds is 5. The van der Waals surface area contributed by atoms with Crippen molar-refractivity contribution in [1.29, 1.82) is 0 Å². The summed E-state index contributed by atoms with van der Waals surface area (Å²) in [5.74, 6) is 0.163. The lowest BCUT2D eigenvalue weighted by molar-refractivity contribution is 0.0824. The van der Waals surface area contributed by atoms with Gasteiger partial charge in [-0.3, -0.25) is 9.79 Å². The van der Waals surface area contributed by atoms with Crippen molar-refractivity contribution in [2.45, 2.75) is 33.2 Å². The summed E-state index contributed by atoms with van der Waals surface area (Å²) in [6.45, 7) is 7.76. The molecule has 0 aliphatic rings. The second kappa shape index (κ2) is 8.58. The second-order valence-electron chi connectivity index (χ2n) is 6.32. The minimum atomic E-state index is -0.274. The number of nitrogens with one attached hydrogen (secondary N) is 2. The molecule has 0 spiro atoms. The zero-order chi connectivity index (χ0) is 18.3. The van der Waals surface area contributed by atoms with Gasteiger partial charge in [0.15, 0.2) is 5.75 Å². The summed E-state index contributed by atoms with van der Waals surface area (Å²) >= 11 is 1.21. The van der Waals surface area contributed by atoms with Gasteiger partial charge in [0.2, 0.25) is 0 Å². The van der Waals surface area contributed by atoms with Crippen LogP contribution in [0.15, 0.2) is 28.2 Å². The van der Waals surface area contributed by atoms with Gasteiger partial charge >= 0.3 is 0 Å². The average molecular weight is 351 g/mol. The first-order chi connectivity index (χ1) is 11.1. The fourth-order valence-corrected chi connectivity index (χ4v) is 1.95. The summed E-state index contributed by atoms with van der Waals surface area (Å²) in [6, 6.07) is 4.90. The molecule has 1 aromatic carbocycles. The molecule has 7 nitrogen and oxygen atoms in total. The summed E-state index contributed by atoms with van der Waals surface area (Å²) in [5, 5.41) is 10.2. The van der Waals surface area contributed by atoms with Crippen molar-refractivity contribution in [3.63, 3.8) is 0 Å². The molecule has 0 heterocycles. The third-order valence-corrected chi connectivity index (χ3v) is 3.32. The van der Waals surface area contributed by atoms with Gasteiger partial charge in [-0.1, -0.05) is 6.07 Å². The topological polar surface area (TPSA) is 89.3 Å². The number of phenolic OH excluding ortho intramolecular Hbond substituents is 1. The maximum atomic E-state index is 12.0. The Balaban J connectivity index is 2.74. The highest BCUT2D eigenvalue weighted by Gasteiger charge is 2.15. The van der Waals surface area contributed by atoms with E-state index in [1.165, 1.54) is 17.0 Å². The lowest BCUT2D eigenvalue weighted by Crippen LogP contribution is -2.21. The Bertz CT molecular complexity index is 636. The molecule has 3 N–H and O–H groups in total. The standard InChI is InChI=1S/C16H25N5O2S/c1-11(20-24-18-10-17-16(2,3)4)19-13-9-7-8-12(14(13)22)15(23)21(5)6/h7-10,22H,1-6H3,(H,17,18)(H,19,20). The molecule has 0 radical (unpaired) electrons. The number of hydrogen-bond acceptors (Lipinski definition) is 5. The lowest BCUT2D eigenvalue weighted by Gasteiger charge is -2.13. The fourth-order valence-electron chi connectivity index (χ4n) is 1.59. The van der Waals surface area contributed by atoms with Gasteiger partial charge in [-0.25, -0.2) is 4.99 Å². The van der Waals surface area contributed by atoms with Crippen LogP contribution in [0.4, 0.5) is 5.69 Å². The maximum Gasteiger partial charge on any atom is 0.257 e. The van der Waals surface area contributed by atoms with Gasteiger partial charge in [-0.05, 0) is 39.8 Å². The normalized spacial score (nSPS) is 12.3. The van der Waals surface area contributed by atoms with Crippen LogP contribution in [0.2, 0.25) is 0 Å². The van der Waals surface area contributed by atoms with Crippen molar-refractivity contribution in [1.82, 2.24) is 14.3 Å². The van der Waals surface area contributed by atoms with Crippen LogP contribution in [0, 0.1) is 0 Å². The summed E-state index contributed by atoms with van der Waals surface area (Å²) in [5.41, 5.74) is 0.413. The third-order valence-electron chi connectivity index (χ3n) is 2.70. The predicted molar refractivity (Wildman–Crippen MR) is 101 cm³/mol. The minimum absolute atomic E-state index is 0.135. The summed E-state index contributed by atoms with van der Waals surface area (Å²) < 4.78 is 5.90. The predicted octanol–water partition coefficient (Wildman–Crippen LogP) is 2.71. The largest absolute Gasteiger partial charge is 0.505 e. The molecule has 1 aromatic rings. The molecule has 0 saturated carbocycles. The Morgan fingerprint density at radius 3 is 2.58 bits per heavy atom. The number of benzene rings is 1. The van der Waals surface area contributed by atoms with Crippen molar-refractivity contribution in [2.24, 2.45) is 9.98 Å². The summed E-state index contributed by atoms with van der Waals surface area (Å²) in [4.78, 5) is 22.0. The van der Waals surface area contributed by atoms with Gasteiger partial charge < -0.3 is 19.5 Å². The number of aromatic hydroxyl groups is 1. The Hall–Kier alpha value is -2.22. The van der Waals surface area contributed by atoms with Gasteiger partial charge in [0.1, 0.15) is 11.5 Å². The van der Waals surface area contributed by atoms with Crippen LogP contribution in [0.25, 0.3) is 0 Å². The molecule has 0 aromatic heterocycles. The van der Waals surface area contributed by atoms with E-state index in [9.17, 15) is 9.90 Å². The summed E-state index contributed by atoms with van der Waals surface area (Å²) in [7, 11) is 3.26. The smallest absolute Gasteiger partial charge is 0.257 e. The van der Waals surface area contributed by atoms with Crippen LogP contribution in [0.1, 0.15) is 38.1 Å². The first-order valence-corrected chi connectivity index (χ1v) is 8.23. The van der Waals surface area contributed by atoms with Crippen molar-refractivity contribution in [3.8, 4) is 5.75 Å².